The normalized spacial score (nSPS) is 15.2. The molecule has 0 radical (unpaired) electrons. The zero-order chi connectivity index (χ0) is 24.4. The molecule has 4 aromatic rings. The number of benzene rings is 2. The fraction of sp³-hybridized carbons (Fsp3) is 0.292. The summed E-state index contributed by atoms with van der Waals surface area (Å²) in [6.45, 7) is 1.93. The SMILES string of the molecule is COc1ccc(-c2cnc3ncnn3c2N2CCCN(S(=O)(=O)c3ccccc3)CC2)cc1OC. The minimum Gasteiger partial charge on any atom is -0.493 e. The lowest BCUT2D eigenvalue weighted by Gasteiger charge is -2.26. The average Bonchev–Trinajstić information content (AvgIpc) is 3.24. The highest BCUT2D eigenvalue weighted by molar-refractivity contribution is 7.89. The van der Waals surface area contributed by atoms with E-state index in [0.717, 1.165) is 16.9 Å². The maximum atomic E-state index is 13.2. The van der Waals surface area contributed by atoms with Crippen LogP contribution in [0.2, 0.25) is 0 Å². The van der Waals surface area contributed by atoms with Gasteiger partial charge in [-0.25, -0.2) is 13.4 Å². The topological polar surface area (TPSA) is 102 Å². The van der Waals surface area contributed by atoms with Crippen molar-refractivity contribution in [3.05, 3.63) is 61.1 Å². The number of hydrogen-bond acceptors (Lipinski definition) is 8. The Morgan fingerprint density at radius 3 is 2.46 bits per heavy atom. The van der Waals surface area contributed by atoms with Gasteiger partial charge in [-0.3, -0.25) is 0 Å². The molecule has 1 fully saturated rings. The number of fused-ring (bicyclic) bond motifs is 1. The summed E-state index contributed by atoms with van der Waals surface area (Å²) >= 11 is 0. The number of nitrogens with zero attached hydrogens (tertiary/aromatic N) is 6. The van der Waals surface area contributed by atoms with E-state index in [1.54, 1.807) is 53.5 Å². The summed E-state index contributed by atoms with van der Waals surface area (Å²) in [5.74, 6) is 2.51. The number of anilines is 1. The Balaban J connectivity index is 1.52. The van der Waals surface area contributed by atoms with Crippen LogP contribution < -0.4 is 14.4 Å². The van der Waals surface area contributed by atoms with Crippen LogP contribution in [0.1, 0.15) is 6.42 Å². The largest absolute Gasteiger partial charge is 0.493 e. The predicted molar refractivity (Wildman–Crippen MR) is 131 cm³/mol. The Kier molecular flexibility index (Phi) is 6.27. The molecule has 35 heavy (non-hydrogen) atoms. The summed E-state index contributed by atoms with van der Waals surface area (Å²) in [5, 5.41) is 4.42. The van der Waals surface area contributed by atoms with E-state index in [1.165, 1.54) is 6.33 Å². The smallest absolute Gasteiger partial charge is 0.254 e. The van der Waals surface area contributed by atoms with Crippen LogP contribution in [0.5, 0.6) is 11.5 Å². The standard InChI is InChI=1S/C24H26N6O4S/c1-33-21-10-9-18(15-22(21)34-2)20-16-25-24-26-17-27-30(24)23(20)28-11-6-12-29(14-13-28)35(31,32)19-7-4-3-5-8-19/h3-5,7-10,15-17H,6,11-14H2,1-2H3. The molecule has 0 spiro atoms. The van der Waals surface area contributed by atoms with Crippen molar-refractivity contribution in [2.45, 2.75) is 11.3 Å². The van der Waals surface area contributed by atoms with Gasteiger partial charge in [-0.2, -0.15) is 18.9 Å². The van der Waals surface area contributed by atoms with Crippen LogP contribution in [0.25, 0.3) is 16.9 Å². The van der Waals surface area contributed by atoms with Crippen LogP contribution in [-0.2, 0) is 10.0 Å². The highest BCUT2D eigenvalue weighted by Crippen LogP contribution is 2.36. The Labute approximate surface area is 203 Å². The molecule has 1 aliphatic rings. The Bertz CT molecular complexity index is 1440. The fourth-order valence-electron chi connectivity index (χ4n) is 4.37. The minimum atomic E-state index is -3.57. The van der Waals surface area contributed by atoms with Gasteiger partial charge in [0.2, 0.25) is 10.0 Å². The van der Waals surface area contributed by atoms with Crippen LogP contribution in [-0.4, -0.2) is 72.7 Å². The second-order valence-corrected chi connectivity index (χ2v) is 10.0. The average molecular weight is 495 g/mol. The molecular formula is C24H26N6O4S. The van der Waals surface area contributed by atoms with Gasteiger partial charge < -0.3 is 14.4 Å². The zero-order valence-corrected chi connectivity index (χ0v) is 20.4. The minimum absolute atomic E-state index is 0.307. The van der Waals surface area contributed by atoms with Crippen molar-refractivity contribution in [3.63, 3.8) is 0 Å². The van der Waals surface area contributed by atoms with E-state index in [0.29, 0.717) is 54.8 Å². The molecule has 0 unspecified atom stereocenters. The van der Waals surface area contributed by atoms with Crippen LogP contribution >= 0.6 is 0 Å². The van der Waals surface area contributed by atoms with Crippen LogP contribution in [0.3, 0.4) is 0 Å². The number of ether oxygens (including phenoxy) is 2. The van der Waals surface area contributed by atoms with Gasteiger partial charge in [0.1, 0.15) is 12.1 Å². The molecule has 0 atom stereocenters. The van der Waals surface area contributed by atoms with Crippen LogP contribution in [0.15, 0.2) is 66.0 Å². The van der Waals surface area contributed by atoms with Gasteiger partial charge in [0.15, 0.2) is 11.5 Å². The van der Waals surface area contributed by atoms with Gasteiger partial charge in [-0.1, -0.05) is 24.3 Å². The lowest BCUT2D eigenvalue weighted by Crippen LogP contribution is -2.35. The molecule has 11 heteroatoms. The van der Waals surface area contributed by atoms with Crippen molar-refractivity contribution in [2.75, 3.05) is 45.3 Å². The monoisotopic (exact) mass is 494 g/mol. The van der Waals surface area contributed by atoms with E-state index in [-0.39, 0.29) is 0 Å². The molecule has 2 aromatic heterocycles. The first kappa shape index (κ1) is 23.1. The Hall–Kier alpha value is -3.70. The lowest BCUT2D eigenvalue weighted by atomic mass is 10.1. The molecule has 3 heterocycles. The molecule has 182 valence electrons. The van der Waals surface area contributed by atoms with E-state index in [1.807, 2.05) is 24.3 Å². The number of methoxy groups -OCH3 is 2. The van der Waals surface area contributed by atoms with Crippen molar-refractivity contribution in [1.29, 1.82) is 0 Å². The first-order chi connectivity index (χ1) is 17.0. The second kappa shape index (κ2) is 9.51. The van der Waals surface area contributed by atoms with Gasteiger partial charge in [0.05, 0.1) is 19.1 Å². The molecule has 0 aliphatic carbocycles. The maximum absolute atomic E-state index is 13.2. The molecule has 5 rings (SSSR count). The molecule has 0 amide bonds. The van der Waals surface area contributed by atoms with Crippen molar-refractivity contribution in [3.8, 4) is 22.6 Å². The highest BCUT2D eigenvalue weighted by Gasteiger charge is 2.29. The lowest BCUT2D eigenvalue weighted by molar-refractivity contribution is 0.355. The number of sulfonamides is 1. The van der Waals surface area contributed by atoms with Gasteiger partial charge >= 0.3 is 0 Å². The van der Waals surface area contributed by atoms with Crippen LogP contribution in [0.4, 0.5) is 5.82 Å². The number of hydrogen-bond donors (Lipinski definition) is 0. The predicted octanol–water partition coefficient (Wildman–Crippen LogP) is 2.71. The summed E-state index contributed by atoms with van der Waals surface area (Å²) in [6.07, 6.45) is 3.90. The Morgan fingerprint density at radius 2 is 1.69 bits per heavy atom. The van der Waals surface area contributed by atoms with Crippen LogP contribution in [0, 0.1) is 0 Å². The van der Waals surface area contributed by atoms with Crippen molar-refractivity contribution in [1.82, 2.24) is 23.9 Å². The van der Waals surface area contributed by atoms with Gasteiger partial charge in [-0.05, 0) is 36.2 Å². The highest BCUT2D eigenvalue weighted by atomic mass is 32.2. The molecule has 1 saturated heterocycles. The van der Waals surface area contributed by atoms with Gasteiger partial charge in [0.25, 0.3) is 5.78 Å². The van der Waals surface area contributed by atoms with E-state index in [9.17, 15) is 8.42 Å². The molecular weight excluding hydrogens is 468 g/mol. The summed E-state index contributed by atoms with van der Waals surface area (Å²) < 4.78 is 40.6. The molecule has 10 nitrogen and oxygen atoms in total. The number of rotatable bonds is 6. The quantitative estimate of drug-likeness (QED) is 0.403. The summed E-state index contributed by atoms with van der Waals surface area (Å²) in [6, 6.07) is 14.2. The Morgan fingerprint density at radius 1 is 0.886 bits per heavy atom. The molecule has 0 bridgehead atoms. The third-order valence-electron chi connectivity index (χ3n) is 6.11. The van der Waals surface area contributed by atoms with Gasteiger partial charge in [-0.15, -0.1) is 0 Å². The van der Waals surface area contributed by atoms with Gasteiger partial charge in [0, 0.05) is 37.9 Å². The summed E-state index contributed by atoms with van der Waals surface area (Å²) in [5.41, 5.74) is 1.71. The van der Waals surface area contributed by atoms with E-state index in [2.05, 4.69) is 20.0 Å². The van der Waals surface area contributed by atoms with Crippen molar-refractivity contribution < 1.29 is 17.9 Å². The summed E-state index contributed by atoms with van der Waals surface area (Å²) in [4.78, 5) is 11.2. The number of aromatic nitrogens is 4. The van der Waals surface area contributed by atoms with E-state index < -0.39 is 10.0 Å². The van der Waals surface area contributed by atoms with E-state index >= 15 is 0 Å². The fourth-order valence-corrected chi connectivity index (χ4v) is 5.86. The van der Waals surface area contributed by atoms with Crippen molar-refractivity contribution in [2.24, 2.45) is 0 Å². The molecule has 0 saturated carbocycles. The first-order valence-corrected chi connectivity index (χ1v) is 12.7. The third kappa shape index (κ3) is 4.28. The van der Waals surface area contributed by atoms with Crippen molar-refractivity contribution >= 4 is 21.6 Å². The third-order valence-corrected chi connectivity index (χ3v) is 8.02. The second-order valence-electron chi connectivity index (χ2n) is 8.09. The zero-order valence-electron chi connectivity index (χ0n) is 19.5. The molecule has 1 aliphatic heterocycles. The first-order valence-electron chi connectivity index (χ1n) is 11.2. The molecule has 2 aromatic carbocycles. The summed E-state index contributed by atoms with van der Waals surface area (Å²) in [7, 11) is -0.382. The maximum Gasteiger partial charge on any atom is 0.254 e. The van der Waals surface area contributed by atoms with E-state index in [4.69, 9.17) is 9.47 Å². The molecule has 0 N–H and O–H groups in total.